The molecule has 2 aliphatic rings. The van der Waals surface area contributed by atoms with Gasteiger partial charge in [0.15, 0.2) is 0 Å². The maximum absolute atomic E-state index is 9.65. The van der Waals surface area contributed by atoms with E-state index < -0.39 is 0 Å². The Morgan fingerprint density at radius 2 is 2.15 bits per heavy atom. The quantitative estimate of drug-likeness (QED) is 0.878. The third-order valence-corrected chi connectivity index (χ3v) is 6.02. The number of benzene rings is 1. The molecule has 3 atom stereocenters. The van der Waals surface area contributed by atoms with Crippen molar-refractivity contribution in [3.63, 3.8) is 0 Å². The fourth-order valence-electron chi connectivity index (χ4n) is 3.76. The topological polar surface area (TPSA) is 32.3 Å². The molecule has 0 spiro atoms. The van der Waals surface area contributed by atoms with Crippen LogP contribution in [0.15, 0.2) is 18.2 Å². The standard InChI is InChI=1S/C17H25NOS/c1-2-20-17-8-4-7-16(17)18-15-6-3-5-12-11-13(19)9-10-14(12)15/h9-11,15-19H,2-8H2,1H3. The second-order valence-corrected chi connectivity index (χ2v) is 7.54. The zero-order chi connectivity index (χ0) is 13.9. The molecule has 20 heavy (non-hydrogen) atoms. The molecular weight excluding hydrogens is 266 g/mol. The Hall–Kier alpha value is -0.670. The lowest BCUT2D eigenvalue weighted by atomic mass is 9.87. The molecule has 2 N–H and O–H groups in total. The highest BCUT2D eigenvalue weighted by Gasteiger charge is 2.30. The van der Waals surface area contributed by atoms with Crippen LogP contribution in [0.5, 0.6) is 5.75 Å². The minimum absolute atomic E-state index is 0.407. The molecule has 3 rings (SSSR count). The normalized spacial score (nSPS) is 29.4. The van der Waals surface area contributed by atoms with Gasteiger partial charge < -0.3 is 10.4 Å². The van der Waals surface area contributed by atoms with Crippen molar-refractivity contribution in [2.75, 3.05) is 5.75 Å². The van der Waals surface area contributed by atoms with Gasteiger partial charge in [-0.3, -0.25) is 0 Å². The zero-order valence-corrected chi connectivity index (χ0v) is 13.1. The summed E-state index contributed by atoms with van der Waals surface area (Å²) in [7, 11) is 0. The fourth-order valence-corrected chi connectivity index (χ4v) is 4.97. The van der Waals surface area contributed by atoms with E-state index in [0.29, 0.717) is 17.8 Å². The van der Waals surface area contributed by atoms with Crippen LogP contribution in [-0.2, 0) is 6.42 Å². The van der Waals surface area contributed by atoms with Crippen LogP contribution in [0.1, 0.15) is 56.2 Å². The number of hydrogen-bond donors (Lipinski definition) is 2. The van der Waals surface area contributed by atoms with E-state index in [1.54, 1.807) is 0 Å². The van der Waals surface area contributed by atoms with Crippen LogP contribution in [0.25, 0.3) is 0 Å². The number of thioether (sulfide) groups is 1. The number of hydrogen-bond acceptors (Lipinski definition) is 3. The third kappa shape index (κ3) is 2.99. The van der Waals surface area contributed by atoms with Crippen LogP contribution in [0.3, 0.4) is 0 Å². The zero-order valence-electron chi connectivity index (χ0n) is 12.3. The lowest BCUT2D eigenvalue weighted by Gasteiger charge is -2.31. The molecule has 1 saturated carbocycles. The van der Waals surface area contributed by atoms with Crippen molar-refractivity contribution in [3.8, 4) is 5.75 Å². The Kier molecular flexibility index (Phi) is 4.57. The lowest BCUT2D eigenvalue weighted by molar-refractivity contribution is 0.399. The van der Waals surface area contributed by atoms with Crippen LogP contribution >= 0.6 is 11.8 Å². The van der Waals surface area contributed by atoms with E-state index in [4.69, 9.17) is 0 Å². The van der Waals surface area contributed by atoms with Crippen LogP contribution in [-0.4, -0.2) is 22.2 Å². The molecule has 110 valence electrons. The number of rotatable bonds is 4. The second-order valence-electron chi connectivity index (χ2n) is 6.03. The summed E-state index contributed by atoms with van der Waals surface area (Å²) < 4.78 is 0. The maximum atomic E-state index is 9.65. The summed E-state index contributed by atoms with van der Waals surface area (Å²) in [6.07, 6.45) is 7.63. The number of aromatic hydroxyl groups is 1. The first-order valence-electron chi connectivity index (χ1n) is 7.97. The Labute approximate surface area is 126 Å². The lowest BCUT2D eigenvalue weighted by Crippen LogP contribution is -2.38. The van der Waals surface area contributed by atoms with E-state index in [2.05, 4.69) is 30.1 Å². The summed E-state index contributed by atoms with van der Waals surface area (Å²) in [6.45, 7) is 2.26. The highest BCUT2D eigenvalue weighted by atomic mass is 32.2. The van der Waals surface area contributed by atoms with E-state index in [1.807, 2.05) is 12.1 Å². The van der Waals surface area contributed by atoms with Gasteiger partial charge in [-0.25, -0.2) is 0 Å². The SMILES string of the molecule is CCSC1CCCC1NC1CCCc2cc(O)ccc21. The van der Waals surface area contributed by atoms with Gasteiger partial charge >= 0.3 is 0 Å². The molecule has 2 nitrogen and oxygen atoms in total. The summed E-state index contributed by atoms with van der Waals surface area (Å²) >= 11 is 2.12. The second kappa shape index (κ2) is 6.40. The summed E-state index contributed by atoms with van der Waals surface area (Å²) in [4.78, 5) is 0. The predicted octanol–water partition coefficient (Wildman–Crippen LogP) is 4.03. The van der Waals surface area contributed by atoms with E-state index in [9.17, 15) is 5.11 Å². The van der Waals surface area contributed by atoms with Crippen molar-refractivity contribution in [1.29, 1.82) is 0 Å². The molecule has 2 aliphatic carbocycles. The summed E-state index contributed by atoms with van der Waals surface area (Å²) in [6, 6.07) is 7.08. The van der Waals surface area contributed by atoms with Crippen molar-refractivity contribution in [3.05, 3.63) is 29.3 Å². The Balaban J connectivity index is 1.73. The number of phenolic OH excluding ortho intramolecular Hbond substituents is 1. The van der Waals surface area contributed by atoms with E-state index in [0.717, 1.165) is 11.7 Å². The molecule has 1 aromatic carbocycles. The van der Waals surface area contributed by atoms with Gasteiger partial charge in [0, 0.05) is 17.3 Å². The van der Waals surface area contributed by atoms with Crippen LogP contribution in [0.2, 0.25) is 0 Å². The van der Waals surface area contributed by atoms with Crippen LogP contribution < -0.4 is 5.32 Å². The van der Waals surface area contributed by atoms with Crippen LogP contribution in [0.4, 0.5) is 0 Å². The third-order valence-electron chi connectivity index (χ3n) is 4.69. The average molecular weight is 291 g/mol. The maximum Gasteiger partial charge on any atom is 0.115 e. The summed E-state index contributed by atoms with van der Waals surface area (Å²) in [5.41, 5.74) is 2.76. The number of nitrogens with one attached hydrogen (secondary N) is 1. The minimum Gasteiger partial charge on any atom is -0.508 e. The smallest absolute Gasteiger partial charge is 0.115 e. The Morgan fingerprint density at radius 1 is 1.25 bits per heavy atom. The molecule has 3 unspecified atom stereocenters. The number of phenols is 1. The molecule has 0 amide bonds. The largest absolute Gasteiger partial charge is 0.508 e. The van der Waals surface area contributed by atoms with E-state index in [-0.39, 0.29) is 0 Å². The van der Waals surface area contributed by atoms with Crippen molar-refractivity contribution in [1.82, 2.24) is 5.32 Å². The average Bonchev–Trinajstić information content (AvgIpc) is 2.86. The molecule has 0 aromatic heterocycles. The number of aryl methyl sites for hydroxylation is 1. The first-order chi connectivity index (χ1) is 9.78. The molecular formula is C17H25NOS. The van der Waals surface area contributed by atoms with Crippen molar-refractivity contribution in [2.45, 2.75) is 62.8 Å². The molecule has 0 radical (unpaired) electrons. The first-order valence-corrected chi connectivity index (χ1v) is 9.02. The van der Waals surface area contributed by atoms with Gasteiger partial charge in [-0.15, -0.1) is 0 Å². The molecule has 1 aromatic rings. The van der Waals surface area contributed by atoms with Crippen molar-refractivity contribution < 1.29 is 5.11 Å². The highest BCUT2D eigenvalue weighted by molar-refractivity contribution is 7.99. The summed E-state index contributed by atoms with van der Waals surface area (Å²) in [5.74, 6) is 1.63. The highest BCUT2D eigenvalue weighted by Crippen LogP contribution is 2.36. The van der Waals surface area contributed by atoms with Gasteiger partial charge in [0.05, 0.1) is 0 Å². The first kappa shape index (κ1) is 14.3. The van der Waals surface area contributed by atoms with E-state index >= 15 is 0 Å². The molecule has 1 fully saturated rings. The van der Waals surface area contributed by atoms with Gasteiger partial charge in [0.25, 0.3) is 0 Å². The molecule has 0 saturated heterocycles. The van der Waals surface area contributed by atoms with Gasteiger partial charge in [0.1, 0.15) is 5.75 Å². The van der Waals surface area contributed by atoms with E-state index in [1.165, 1.54) is 49.0 Å². The number of fused-ring (bicyclic) bond motifs is 1. The molecule has 3 heteroatoms. The van der Waals surface area contributed by atoms with Gasteiger partial charge in [-0.1, -0.05) is 19.4 Å². The van der Waals surface area contributed by atoms with Gasteiger partial charge in [-0.05, 0) is 61.1 Å². The van der Waals surface area contributed by atoms with Crippen molar-refractivity contribution in [2.24, 2.45) is 0 Å². The monoisotopic (exact) mass is 291 g/mol. The fraction of sp³-hybridized carbons (Fsp3) is 0.647. The Bertz CT molecular complexity index is 462. The van der Waals surface area contributed by atoms with Crippen molar-refractivity contribution >= 4 is 11.8 Å². The molecule has 0 bridgehead atoms. The minimum atomic E-state index is 0.407. The molecule has 0 heterocycles. The summed E-state index contributed by atoms with van der Waals surface area (Å²) in [5, 5.41) is 14.4. The predicted molar refractivity (Wildman–Crippen MR) is 86.5 cm³/mol. The van der Waals surface area contributed by atoms with Gasteiger partial charge in [-0.2, -0.15) is 11.8 Å². The van der Waals surface area contributed by atoms with Crippen LogP contribution in [0, 0.1) is 0 Å². The Morgan fingerprint density at radius 3 is 3.00 bits per heavy atom. The molecule has 0 aliphatic heterocycles. The van der Waals surface area contributed by atoms with Gasteiger partial charge in [0.2, 0.25) is 0 Å².